The van der Waals surface area contributed by atoms with Crippen LogP contribution in [0.25, 0.3) is 0 Å². The van der Waals surface area contributed by atoms with Crippen LogP contribution < -0.4 is 4.90 Å². The molecule has 2 heterocycles. The average molecular weight is 388 g/mol. The predicted octanol–water partition coefficient (Wildman–Crippen LogP) is 2.42. The van der Waals surface area contributed by atoms with Crippen LogP contribution in [0.1, 0.15) is 6.42 Å². The van der Waals surface area contributed by atoms with Gasteiger partial charge < -0.3 is 4.90 Å². The summed E-state index contributed by atoms with van der Waals surface area (Å²) in [7, 11) is 1.60. The molecule has 0 spiro atoms. The highest BCUT2D eigenvalue weighted by Crippen LogP contribution is 2.32. The second-order valence-electron chi connectivity index (χ2n) is 4.24. The van der Waals surface area contributed by atoms with Crippen LogP contribution in [-0.2, 0) is 13.8 Å². The van der Waals surface area contributed by atoms with Crippen LogP contribution in [0.4, 0.5) is 5.69 Å². The largest absolute Gasteiger partial charge is 0.309 e. The Labute approximate surface area is 128 Å². The van der Waals surface area contributed by atoms with Gasteiger partial charge in [0.25, 0.3) is 0 Å². The molecule has 19 heavy (non-hydrogen) atoms. The van der Waals surface area contributed by atoms with E-state index in [9.17, 15) is 13.2 Å². The van der Waals surface area contributed by atoms with Crippen LogP contribution in [0.5, 0.6) is 0 Å². The molecule has 1 unspecified atom stereocenters. The number of hydrogen-bond acceptors (Lipinski definition) is 4. The molecule has 1 aromatic rings. The van der Waals surface area contributed by atoms with Gasteiger partial charge in [0.1, 0.15) is 4.60 Å². The van der Waals surface area contributed by atoms with E-state index in [1.807, 2.05) is 0 Å². The molecule has 1 fully saturated rings. The maximum absolute atomic E-state index is 11.9. The van der Waals surface area contributed by atoms with Gasteiger partial charge in [0, 0.05) is 35.8 Å². The topological polar surface area (TPSA) is 67.3 Å². The van der Waals surface area contributed by atoms with Crippen LogP contribution in [0.3, 0.4) is 0 Å². The first-order valence-electron chi connectivity index (χ1n) is 5.30. The number of carbonyl (C=O) groups is 1. The van der Waals surface area contributed by atoms with Crippen molar-refractivity contribution in [2.45, 2.75) is 6.42 Å². The molecule has 1 aromatic heterocycles. The Kier molecular flexibility index (Phi) is 4.39. The summed E-state index contributed by atoms with van der Waals surface area (Å²) in [4.78, 5) is 17.4. The minimum absolute atomic E-state index is 0.144. The molecule has 5 nitrogen and oxygen atoms in total. The Bertz CT molecular complexity index is 623. The summed E-state index contributed by atoms with van der Waals surface area (Å²) in [5.41, 5.74) is 0.534. The van der Waals surface area contributed by atoms with Gasteiger partial charge in [0.2, 0.25) is 15.0 Å². The molecule has 0 saturated carbocycles. The van der Waals surface area contributed by atoms with E-state index in [-0.39, 0.29) is 30.5 Å². The van der Waals surface area contributed by atoms with Crippen LogP contribution in [0, 0.1) is 5.92 Å². The highest BCUT2D eigenvalue weighted by atomic mass is 79.9. The first-order chi connectivity index (χ1) is 8.76. The highest BCUT2D eigenvalue weighted by molar-refractivity contribution is 9.10. The van der Waals surface area contributed by atoms with E-state index in [0.29, 0.717) is 15.3 Å². The third-order valence-corrected chi connectivity index (χ3v) is 4.78. The maximum atomic E-state index is 11.9. The van der Waals surface area contributed by atoms with Crippen molar-refractivity contribution in [3.8, 4) is 0 Å². The molecular weight excluding hydrogens is 379 g/mol. The zero-order chi connectivity index (χ0) is 14.2. The minimum atomic E-state index is -3.61. The number of aromatic nitrogens is 1. The Hall–Kier alpha value is -0.370. The lowest BCUT2D eigenvalue weighted by Crippen LogP contribution is -2.25. The van der Waals surface area contributed by atoms with Gasteiger partial charge in [0.05, 0.1) is 16.5 Å². The summed E-state index contributed by atoms with van der Waals surface area (Å²) >= 11 is 9.09. The third kappa shape index (κ3) is 3.81. The van der Waals surface area contributed by atoms with Crippen molar-refractivity contribution in [2.24, 2.45) is 5.92 Å². The van der Waals surface area contributed by atoms with Gasteiger partial charge in [-0.15, -0.1) is 0 Å². The molecule has 104 valence electrons. The Balaban J connectivity index is 2.23. The molecule has 1 aliphatic rings. The fourth-order valence-corrected chi connectivity index (χ4v) is 3.91. The summed E-state index contributed by atoms with van der Waals surface area (Å²) < 4.78 is 22.6. The molecule has 9 heteroatoms. The maximum Gasteiger partial charge on any atom is 0.232 e. The van der Waals surface area contributed by atoms with Gasteiger partial charge in [0.15, 0.2) is 0 Å². The van der Waals surface area contributed by atoms with Crippen LogP contribution in [0.15, 0.2) is 16.9 Å². The SMILES string of the molecule is O=C1CC(CS(=O)(=O)Cl)CN1c1cc(Cl)cnc1Br. The van der Waals surface area contributed by atoms with Gasteiger partial charge in [-0.25, -0.2) is 13.4 Å². The summed E-state index contributed by atoms with van der Waals surface area (Å²) in [6.07, 6.45) is 1.60. The van der Waals surface area contributed by atoms with E-state index >= 15 is 0 Å². The normalized spacial score (nSPS) is 20.1. The van der Waals surface area contributed by atoms with Crippen molar-refractivity contribution in [3.05, 3.63) is 21.9 Å². The van der Waals surface area contributed by atoms with E-state index in [1.54, 1.807) is 6.07 Å². The molecule has 1 amide bonds. The summed E-state index contributed by atoms with van der Waals surface area (Å²) in [6, 6.07) is 1.61. The Morgan fingerprint density at radius 1 is 1.53 bits per heavy atom. The summed E-state index contributed by atoms with van der Waals surface area (Å²) in [5.74, 6) is -0.710. The molecule has 0 radical (unpaired) electrons. The number of amides is 1. The quantitative estimate of drug-likeness (QED) is 0.590. The standard InChI is InChI=1S/C10H9BrCl2N2O3S/c11-10-8(2-7(12)3-14-10)15-4-6(1-9(15)16)5-19(13,17)18/h2-3,6H,1,4-5H2. The number of hydrogen-bond donors (Lipinski definition) is 0. The Morgan fingerprint density at radius 3 is 2.84 bits per heavy atom. The lowest BCUT2D eigenvalue weighted by atomic mass is 10.1. The number of anilines is 1. The first-order valence-corrected chi connectivity index (χ1v) is 8.95. The molecule has 2 rings (SSSR count). The van der Waals surface area contributed by atoms with Crippen LogP contribution in [-0.4, -0.2) is 31.6 Å². The molecule has 0 N–H and O–H groups in total. The molecule has 1 aliphatic heterocycles. The van der Waals surface area contributed by atoms with Crippen molar-refractivity contribution in [1.82, 2.24) is 4.98 Å². The van der Waals surface area contributed by atoms with Gasteiger partial charge in [-0.1, -0.05) is 11.6 Å². The number of rotatable bonds is 3. The van der Waals surface area contributed by atoms with Crippen molar-refractivity contribution >= 4 is 58.9 Å². The second-order valence-corrected chi connectivity index (χ2v) is 8.25. The van der Waals surface area contributed by atoms with E-state index in [1.165, 1.54) is 11.1 Å². The van der Waals surface area contributed by atoms with Crippen molar-refractivity contribution in [3.63, 3.8) is 0 Å². The van der Waals surface area contributed by atoms with Crippen molar-refractivity contribution in [2.75, 3.05) is 17.2 Å². The van der Waals surface area contributed by atoms with E-state index in [4.69, 9.17) is 22.3 Å². The van der Waals surface area contributed by atoms with Crippen molar-refractivity contribution in [1.29, 1.82) is 0 Å². The monoisotopic (exact) mass is 386 g/mol. The number of halogens is 3. The zero-order valence-electron chi connectivity index (χ0n) is 9.51. The van der Waals surface area contributed by atoms with Crippen LogP contribution in [0.2, 0.25) is 5.02 Å². The average Bonchev–Trinajstić information content (AvgIpc) is 2.60. The van der Waals surface area contributed by atoms with Gasteiger partial charge >= 0.3 is 0 Å². The third-order valence-electron chi connectivity index (χ3n) is 2.72. The zero-order valence-corrected chi connectivity index (χ0v) is 13.4. The van der Waals surface area contributed by atoms with Gasteiger partial charge in [-0.2, -0.15) is 0 Å². The second kappa shape index (κ2) is 5.55. The molecular formula is C10H9BrCl2N2O3S. The van der Waals surface area contributed by atoms with E-state index in [2.05, 4.69) is 20.9 Å². The first kappa shape index (κ1) is 15.0. The predicted molar refractivity (Wildman–Crippen MR) is 77.0 cm³/mol. The smallest absolute Gasteiger partial charge is 0.232 e. The van der Waals surface area contributed by atoms with E-state index in [0.717, 1.165) is 0 Å². The van der Waals surface area contributed by atoms with Gasteiger partial charge in [-0.05, 0) is 22.0 Å². The molecule has 0 aliphatic carbocycles. The fourth-order valence-electron chi connectivity index (χ4n) is 2.01. The molecule has 1 atom stereocenters. The lowest BCUT2D eigenvalue weighted by Gasteiger charge is -2.17. The number of nitrogens with zero attached hydrogens (tertiary/aromatic N) is 2. The van der Waals surface area contributed by atoms with Crippen LogP contribution >= 0.6 is 38.2 Å². The lowest BCUT2D eigenvalue weighted by molar-refractivity contribution is -0.117. The molecule has 0 aromatic carbocycles. The molecule has 0 bridgehead atoms. The molecule has 1 saturated heterocycles. The van der Waals surface area contributed by atoms with Gasteiger partial charge in [-0.3, -0.25) is 4.79 Å². The number of pyridine rings is 1. The van der Waals surface area contributed by atoms with Crippen molar-refractivity contribution < 1.29 is 13.2 Å². The summed E-state index contributed by atoms with van der Waals surface area (Å²) in [6.45, 7) is 0.283. The highest BCUT2D eigenvalue weighted by Gasteiger charge is 2.34. The Morgan fingerprint density at radius 2 is 2.21 bits per heavy atom. The summed E-state index contributed by atoms with van der Waals surface area (Å²) in [5, 5.41) is 0.402. The number of carbonyl (C=O) groups excluding carboxylic acids is 1. The minimum Gasteiger partial charge on any atom is -0.309 e. The van der Waals surface area contributed by atoms with E-state index < -0.39 is 9.05 Å². The fraction of sp³-hybridized carbons (Fsp3) is 0.400.